The molecule has 2 aromatic heterocycles. The molecule has 2 heterocycles. The first-order valence-electron chi connectivity index (χ1n) is 26.0. The normalized spacial score (nSPS) is 11.2. The first-order valence-corrected chi connectivity index (χ1v) is 26.0. The predicted octanol–water partition coefficient (Wildman–Crippen LogP) is 13.2. The van der Waals surface area contributed by atoms with Gasteiger partial charge < -0.3 is 25.6 Å². The van der Waals surface area contributed by atoms with Gasteiger partial charge >= 0.3 is 17.9 Å². The third kappa shape index (κ3) is 15.1. The van der Waals surface area contributed by atoms with Crippen molar-refractivity contribution in [1.29, 1.82) is 0 Å². The van der Waals surface area contributed by atoms with E-state index in [1.165, 1.54) is 5.56 Å². The fourth-order valence-corrected chi connectivity index (χ4v) is 8.61. The van der Waals surface area contributed by atoms with Crippen molar-refractivity contribution < 1.29 is 33.8 Å². The molecule has 0 aliphatic heterocycles. The number of nitrogens with two attached hydrogens (primary N) is 1. The monoisotopic (exact) mass is 1050 g/mol. The molecule has 0 spiro atoms. The van der Waals surface area contributed by atoms with E-state index in [0.29, 0.717) is 42.9 Å². The fraction of sp³-hybridized carbons (Fsp3) is 0.182. The van der Waals surface area contributed by atoms with E-state index in [9.17, 15) is 19.2 Å². The topological polar surface area (TPSA) is 181 Å². The van der Waals surface area contributed by atoms with Crippen molar-refractivity contribution in [1.82, 2.24) is 24.9 Å². The highest BCUT2D eigenvalue weighted by atomic mass is 16.6. The number of aromatic carboxylic acids is 1. The number of fused-ring (bicyclic) bond motifs is 2. The average Bonchev–Trinajstić information content (AvgIpc) is 4.08. The average molecular weight is 1050 g/mol. The van der Waals surface area contributed by atoms with Gasteiger partial charge in [0.25, 0.3) is 5.91 Å². The van der Waals surface area contributed by atoms with Gasteiger partial charge in [0.05, 0.1) is 53.2 Å². The Labute approximate surface area is 460 Å². The fourth-order valence-electron chi connectivity index (χ4n) is 8.61. The van der Waals surface area contributed by atoms with Gasteiger partial charge in [-0.25, -0.2) is 14.4 Å². The molecule has 13 heteroatoms. The number of carbonyl (C=O) groups excluding carboxylic acids is 3. The molecule has 10 aromatic rings. The number of hydrogen-bond acceptors (Lipinski definition) is 9. The summed E-state index contributed by atoms with van der Waals surface area (Å²) >= 11 is 0. The van der Waals surface area contributed by atoms with Crippen molar-refractivity contribution in [2.75, 3.05) is 0 Å². The van der Waals surface area contributed by atoms with Gasteiger partial charge in [-0.1, -0.05) is 146 Å². The van der Waals surface area contributed by atoms with Crippen LogP contribution < -0.4 is 11.1 Å². The van der Waals surface area contributed by atoms with E-state index < -0.39 is 17.2 Å². The first kappa shape index (κ1) is 55.8. The standard InChI is InChI=1S/C33H31N3O3.C26H24N2O4.C7H9N/c1-33(2,3)39-32(38)29-12-8-7-11-28(29)25-15-13-24(14-16-25)22-36-30-18-17-26(19-27(30)21-35-36)31(37)34-20-23-9-5-4-6-10-23;1-26(2,3)32-25(31)22-7-5-4-6-21(22)18-10-8-17(9-11-18)16-28-23-13-12-19(24(29)30)14-20(23)15-27-28;8-6-7-4-2-1-3-5-7/h4-19,21H,20,22H2,1-3H3,(H,34,37);4-15H,16H2,1-3H3,(H,29,30);1-5H,6,8H2. The third-order valence-electron chi connectivity index (χ3n) is 12.5. The Balaban J connectivity index is 0.000000185. The number of amides is 1. The Morgan fingerprint density at radius 3 is 1.32 bits per heavy atom. The zero-order valence-corrected chi connectivity index (χ0v) is 45.2. The lowest BCUT2D eigenvalue weighted by molar-refractivity contribution is 0.00578. The second-order valence-electron chi connectivity index (χ2n) is 20.8. The number of rotatable bonds is 13. The molecule has 8 aromatic carbocycles. The zero-order valence-electron chi connectivity index (χ0n) is 45.2. The number of esters is 2. The van der Waals surface area contributed by atoms with Crippen LogP contribution in [0, 0.1) is 0 Å². The second kappa shape index (κ2) is 25.1. The van der Waals surface area contributed by atoms with Gasteiger partial charge in [-0.2, -0.15) is 10.2 Å². The highest BCUT2D eigenvalue weighted by molar-refractivity contribution is 5.99. The zero-order chi connectivity index (χ0) is 56.1. The van der Waals surface area contributed by atoms with Gasteiger partial charge in [0, 0.05) is 29.4 Å². The quantitative estimate of drug-likeness (QED) is 0.0940. The number of benzene rings is 8. The molecule has 0 unspecified atom stereocenters. The van der Waals surface area contributed by atoms with E-state index in [1.54, 1.807) is 42.7 Å². The molecule has 0 atom stereocenters. The molecule has 13 nitrogen and oxygen atoms in total. The maximum Gasteiger partial charge on any atom is 0.339 e. The van der Waals surface area contributed by atoms with Crippen molar-refractivity contribution in [3.63, 3.8) is 0 Å². The SMILES string of the molecule is CC(C)(C)OC(=O)c1ccccc1-c1ccc(Cn2ncc3cc(C(=O)NCc4ccccc4)ccc32)cc1.CC(C)(C)OC(=O)c1ccccc1-c1ccc(Cn2ncc3cc(C(=O)O)ccc32)cc1.NCc1ccccc1. The van der Waals surface area contributed by atoms with Gasteiger partial charge in [-0.15, -0.1) is 0 Å². The number of ether oxygens (including phenoxy) is 2. The van der Waals surface area contributed by atoms with Gasteiger partial charge in [-0.3, -0.25) is 14.2 Å². The van der Waals surface area contributed by atoms with E-state index in [4.69, 9.17) is 20.3 Å². The number of carboxylic acids is 1. The molecule has 0 bridgehead atoms. The molecular formula is C66H64N6O7. The van der Waals surface area contributed by atoms with Crippen LogP contribution in [0.15, 0.2) is 207 Å². The van der Waals surface area contributed by atoms with Crippen LogP contribution in [0.1, 0.15) is 105 Å². The Bertz CT molecular complexity index is 3710. The summed E-state index contributed by atoms with van der Waals surface area (Å²) in [7, 11) is 0. The minimum absolute atomic E-state index is 0.115. The summed E-state index contributed by atoms with van der Waals surface area (Å²) in [6.07, 6.45) is 3.46. The van der Waals surface area contributed by atoms with Crippen molar-refractivity contribution >= 4 is 45.6 Å². The van der Waals surface area contributed by atoms with Crippen LogP contribution in [0.5, 0.6) is 0 Å². The van der Waals surface area contributed by atoms with E-state index in [2.05, 4.69) is 15.5 Å². The molecule has 79 heavy (non-hydrogen) atoms. The minimum atomic E-state index is -0.957. The van der Waals surface area contributed by atoms with E-state index in [0.717, 1.165) is 60.8 Å². The molecule has 400 valence electrons. The Kier molecular flexibility index (Phi) is 17.7. The van der Waals surface area contributed by atoms with E-state index >= 15 is 0 Å². The number of nitrogens with zero attached hydrogens (tertiary/aromatic N) is 4. The van der Waals surface area contributed by atoms with Crippen LogP contribution in [0.25, 0.3) is 44.1 Å². The molecule has 4 N–H and O–H groups in total. The van der Waals surface area contributed by atoms with Crippen LogP contribution in [-0.2, 0) is 35.7 Å². The van der Waals surface area contributed by atoms with Crippen molar-refractivity contribution in [3.05, 3.63) is 251 Å². The molecule has 0 saturated carbocycles. The van der Waals surface area contributed by atoms with Crippen LogP contribution in [0.2, 0.25) is 0 Å². The maximum absolute atomic E-state index is 12.8. The number of carboxylic acid groups (broad SMARTS) is 1. The van der Waals surface area contributed by atoms with Crippen molar-refractivity contribution in [2.45, 2.75) is 78.9 Å². The van der Waals surface area contributed by atoms with Crippen LogP contribution in [0.4, 0.5) is 0 Å². The van der Waals surface area contributed by atoms with Gasteiger partial charge in [-0.05, 0) is 135 Å². The summed E-state index contributed by atoms with van der Waals surface area (Å²) < 4.78 is 14.9. The maximum atomic E-state index is 12.8. The van der Waals surface area contributed by atoms with Crippen LogP contribution >= 0.6 is 0 Å². The first-order chi connectivity index (χ1) is 37.9. The second-order valence-corrected chi connectivity index (χ2v) is 20.8. The van der Waals surface area contributed by atoms with Gasteiger partial charge in [0.15, 0.2) is 0 Å². The minimum Gasteiger partial charge on any atom is -0.478 e. The number of hydrogen-bond donors (Lipinski definition) is 3. The summed E-state index contributed by atoms with van der Waals surface area (Å²) in [5.41, 5.74) is 15.8. The summed E-state index contributed by atoms with van der Waals surface area (Å²) in [5.74, 6) is -1.75. The molecule has 0 fully saturated rings. The summed E-state index contributed by atoms with van der Waals surface area (Å²) in [6, 6.07) is 61.4. The Morgan fingerprint density at radius 2 is 0.899 bits per heavy atom. The predicted molar refractivity (Wildman–Crippen MR) is 311 cm³/mol. The van der Waals surface area contributed by atoms with Crippen molar-refractivity contribution in [3.8, 4) is 22.3 Å². The molecule has 0 saturated heterocycles. The molecule has 1 amide bonds. The molecule has 0 aliphatic carbocycles. The van der Waals surface area contributed by atoms with E-state index in [-0.39, 0.29) is 23.4 Å². The van der Waals surface area contributed by atoms with Gasteiger partial charge in [0.1, 0.15) is 11.2 Å². The number of carbonyl (C=O) groups is 4. The smallest absolute Gasteiger partial charge is 0.339 e. The highest BCUT2D eigenvalue weighted by Crippen LogP contribution is 2.29. The van der Waals surface area contributed by atoms with Crippen molar-refractivity contribution in [2.24, 2.45) is 5.73 Å². The number of nitrogens with one attached hydrogen (secondary N) is 1. The molecular weight excluding hydrogens is 989 g/mol. The summed E-state index contributed by atoms with van der Waals surface area (Å²) in [5, 5.41) is 22.8. The lowest BCUT2D eigenvalue weighted by atomic mass is 9.98. The largest absolute Gasteiger partial charge is 0.478 e. The Hall–Kier alpha value is -9.46. The van der Waals surface area contributed by atoms with E-state index in [1.807, 2.05) is 215 Å². The molecule has 10 rings (SSSR count). The summed E-state index contributed by atoms with van der Waals surface area (Å²) in [4.78, 5) is 49.3. The third-order valence-corrected chi connectivity index (χ3v) is 12.5. The van der Waals surface area contributed by atoms with Crippen LogP contribution in [-0.4, -0.2) is 59.7 Å². The molecule has 0 radical (unpaired) electrons. The lowest BCUT2D eigenvalue weighted by Crippen LogP contribution is -2.24. The lowest BCUT2D eigenvalue weighted by Gasteiger charge is -2.20. The van der Waals surface area contributed by atoms with Crippen LogP contribution in [0.3, 0.4) is 0 Å². The highest BCUT2D eigenvalue weighted by Gasteiger charge is 2.22. The Morgan fingerprint density at radius 1 is 0.494 bits per heavy atom. The number of aromatic nitrogens is 4. The summed E-state index contributed by atoms with van der Waals surface area (Å²) in [6.45, 7) is 13.4. The molecule has 0 aliphatic rings. The van der Waals surface area contributed by atoms with Gasteiger partial charge in [0.2, 0.25) is 0 Å².